The maximum Gasteiger partial charge on any atom is 0.271 e. The highest BCUT2D eigenvalue weighted by Gasteiger charge is 2.48. The molecule has 0 radical (unpaired) electrons. The van der Waals surface area contributed by atoms with E-state index in [4.69, 9.17) is 4.74 Å². The van der Waals surface area contributed by atoms with E-state index in [1.54, 1.807) is 25.0 Å². The molecule has 1 aliphatic heterocycles. The number of aromatic amines is 1. The van der Waals surface area contributed by atoms with Crippen molar-refractivity contribution >= 4 is 34.3 Å². The summed E-state index contributed by atoms with van der Waals surface area (Å²) < 4.78 is 5.43. The number of hydrogen-bond acceptors (Lipinski definition) is 5. The lowest BCUT2D eigenvalue weighted by Gasteiger charge is -2.28. The number of amides is 2. The van der Waals surface area contributed by atoms with E-state index >= 15 is 0 Å². The predicted molar refractivity (Wildman–Crippen MR) is 135 cm³/mol. The molecule has 1 saturated heterocycles. The Bertz CT molecular complexity index is 1230. The van der Waals surface area contributed by atoms with Crippen LogP contribution in [0.2, 0.25) is 0 Å². The minimum atomic E-state index is -0.715. The molecule has 2 fully saturated rings. The molecule has 8 nitrogen and oxygen atoms in total. The smallest absolute Gasteiger partial charge is 0.271 e. The summed E-state index contributed by atoms with van der Waals surface area (Å²) in [7, 11) is 1.59. The lowest BCUT2D eigenvalue weighted by atomic mass is 9.91. The number of carbonyl (C=O) groups is 4. The topological polar surface area (TPSA) is 109 Å². The maximum absolute atomic E-state index is 13.7. The van der Waals surface area contributed by atoms with Gasteiger partial charge in [-0.05, 0) is 49.8 Å². The molecule has 36 heavy (non-hydrogen) atoms. The first kappa shape index (κ1) is 24.3. The highest BCUT2D eigenvalue weighted by atomic mass is 16.5. The van der Waals surface area contributed by atoms with E-state index < -0.39 is 12.1 Å². The Labute approximate surface area is 210 Å². The number of carbonyl (C=O) groups excluding carboxylic acids is 4. The van der Waals surface area contributed by atoms with Gasteiger partial charge in [-0.25, -0.2) is 0 Å². The Balaban J connectivity index is 1.40. The average molecular weight is 492 g/mol. The Hall–Kier alpha value is -3.42. The van der Waals surface area contributed by atoms with Crippen LogP contribution in [0.1, 0.15) is 55.9 Å². The van der Waals surface area contributed by atoms with Crippen molar-refractivity contribution in [3.63, 3.8) is 0 Å². The SMILES string of the molecule is CCC(=O)C(CC1CCCC1=O)NC(=O)C1C2C=CCC2CN1C(=O)c1cc2c(OC)cccc2[nH]1. The van der Waals surface area contributed by atoms with Gasteiger partial charge >= 0.3 is 0 Å². The van der Waals surface area contributed by atoms with Gasteiger partial charge in [0.2, 0.25) is 5.91 Å². The molecule has 0 spiro atoms. The summed E-state index contributed by atoms with van der Waals surface area (Å²) in [6, 6.07) is 5.92. The van der Waals surface area contributed by atoms with Crippen LogP contribution in [0.5, 0.6) is 5.75 Å². The molecule has 2 aliphatic carbocycles. The molecule has 2 aromatic rings. The van der Waals surface area contributed by atoms with Crippen LogP contribution >= 0.6 is 0 Å². The normalized spacial score (nSPS) is 25.8. The van der Waals surface area contributed by atoms with Crippen molar-refractivity contribution < 1.29 is 23.9 Å². The largest absolute Gasteiger partial charge is 0.496 e. The van der Waals surface area contributed by atoms with E-state index in [1.165, 1.54) is 0 Å². The van der Waals surface area contributed by atoms with Gasteiger partial charge in [0.1, 0.15) is 23.3 Å². The lowest BCUT2D eigenvalue weighted by molar-refractivity contribution is -0.131. The number of ether oxygens (including phenoxy) is 1. The van der Waals surface area contributed by atoms with Gasteiger partial charge in [0.25, 0.3) is 5.91 Å². The highest BCUT2D eigenvalue weighted by molar-refractivity contribution is 6.02. The molecular formula is C28H33N3O5. The van der Waals surface area contributed by atoms with Crippen molar-refractivity contribution in [2.45, 2.75) is 57.5 Å². The number of likely N-dealkylation sites (tertiary alicyclic amines) is 1. The summed E-state index contributed by atoms with van der Waals surface area (Å²) in [5.41, 5.74) is 1.18. The number of H-pyrrole nitrogens is 1. The fraction of sp³-hybridized carbons (Fsp3) is 0.500. The number of hydrogen-bond donors (Lipinski definition) is 2. The Morgan fingerprint density at radius 2 is 2.11 bits per heavy atom. The van der Waals surface area contributed by atoms with Gasteiger partial charge in [-0.15, -0.1) is 0 Å². The van der Waals surface area contributed by atoms with Gasteiger partial charge in [0.15, 0.2) is 5.78 Å². The number of nitrogens with zero attached hydrogens (tertiary/aromatic N) is 1. The number of ketones is 2. The summed E-state index contributed by atoms with van der Waals surface area (Å²) in [5.74, 6) is 0.0600. The van der Waals surface area contributed by atoms with Gasteiger partial charge in [-0.1, -0.05) is 25.1 Å². The maximum atomic E-state index is 13.7. The summed E-state index contributed by atoms with van der Waals surface area (Å²) in [6.45, 7) is 2.23. The average Bonchev–Trinajstić information content (AvgIpc) is 3.66. The Morgan fingerprint density at radius 3 is 2.83 bits per heavy atom. The van der Waals surface area contributed by atoms with Crippen LogP contribution in [0.3, 0.4) is 0 Å². The quantitative estimate of drug-likeness (QED) is 0.550. The van der Waals surface area contributed by atoms with Gasteiger partial charge < -0.3 is 19.9 Å². The van der Waals surface area contributed by atoms with Gasteiger partial charge in [-0.2, -0.15) is 0 Å². The number of Topliss-reactive ketones (excluding diaryl/α,β-unsaturated/α-hetero) is 2. The van der Waals surface area contributed by atoms with Crippen LogP contribution in [-0.4, -0.2) is 59.0 Å². The molecule has 2 N–H and O–H groups in total. The molecule has 3 aliphatic rings. The Kier molecular flexibility index (Phi) is 6.69. The number of aromatic nitrogens is 1. The second kappa shape index (κ2) is 9.91. The van der Waals surface area contributed by atoms with Gasteiger partial charge in [-0.3, -0.25) is 19.2 Å². The van der Waals surface area contributed by atoms with Gasteiger partial charge in [0.05, 0.1) is 13.2 Å². The summed E-state index contributed by atoms with van der Waals surface area (Å²) in [5, 5.41) is 3.76. The van der Waals surface area contributed by atoms with Crippen LogP contribution in [0.4, 0.5) is 0 Å². The monoisotopic (exact) mass is 491 g/mol. The molecule has 1 aromatic heterocycles. The van der Waals surface area contributed by atoms with E-state index in [-0.39, 0.29) is 47.6 Å². The third-order valence-electron chi connectivity index (χ3n) is 8.08. The van der Waals surface area contributed by atoms with Crippen LogP contribution in [0.25, 0.3) is 10.9 Å². The van der Waals surface area contributed by atoms with Crippen molar-refractivity contribution in [2.75, 3.05) is 13.7 Å². The number of rotatable bonds is 8. The summed E-state index contributed by atoms with van der Waals surface area (Å²) in [4.78, 5) is 57.2. The fourth-order valence-corrected chi connectivity index (χ4v) is 6.15. The molecule has 8 heteroatoms. The van der Waals surface area contributed by atoms with Gasteiger partial charge in [0, 0.05) is 42.1 Å². The molecular weight excluding hydrogens is 458 g/mol. The van der Waals surface area contributed by atoms with E-state index in [1.807, 2.05) is 24.3 Å². The van der Waals surface area contributed by atoms with Crippen LogP contribution in [0.15, 0.2) is 36.4 Å². The molecule has 5 unspecified atom stereocenters. The zero-order chi connectivity index (χ0) is 25.4. The molecule has 2 amide bonds. The first-order chi connectivity index (χ1) is 17.4. The molecule has 5 rings (SSSR count). The van der Waals surface area contributed by atoms with E-state index in [0.717, 1.165) is 30.2 Å². The van der Waals surface area contributed by atoms with E-state index in [9.17, 15) is 19.2 Å². The molecule has 0 bridgehead atoms. The lowest BCUT2D eigenvalue weighted by Crippen LogP contribution is -2.53. The number of nitrogens with one attached hydrogen (secondary N) is 2. The van der Waals surface area contributed by atoms with Crippen LogP contribution in [0, 0.1) is 17.8 Å². The predicted octanol–water partition coefficient (Wildman–Crippen LogP) is 3.42. The molecule has 190 valence electrons. The van der Waals surface area contributed by atoms with Crippen molar-refractivity contribution in [3.8, 4) is 5.75 Å². The second-order valence-corrected chi connectivity index (χ2v) is 10.2. The highest BCUT2D eigenvalue weighted by Crippen LogP contribution is 2.39. The van der Waals surface area contributed by atoms with Crippen molar-refractivity contribution in [2.24, 2.45) is 17.8 Å². The van der Waals surface area contributed by atoms with Crippen LogP contribution < -0.4 is 10.1 Å². The minimum absolute atomic E-state index is 0.0832. The Morgan fingerprint density at radius 1 is 1.28 bits per heavy atom. The number of allylic oxidation sites excluding steroid dienone is 1. The van der Waals surface area contributed by atoms with Crippen molar-refractivity contribution in [1.82, 2.24) is 15.2 Å². The second-order valence-electron chi connectivity index (χ2n) is 10.2. The first-order valence-electron chi connectivity index (χ1n) is 12.9. The molecule has 5 atom stereocenters. The van der Waals surface area contributed by atoms with Crippen molar-refractivity contribution in [1.29, 1.82) is 0 Å². The number of fused-ring (bicyclic) bond motifs is 2. The zero-order valence-corrected chi connectivity index (χ0v) is 20.8. The molecule has 1 aromatic carbocycles. The van der Waals surface area contributed by atoms with E-state index in [2.05, 4.69) is 16.4 Å². The minimum Gasteiger partial charge on any atom is -0.496 e. The summed E-state index contributed by atoms with van der Waals surface area (Å²) in [6.07, 6.45) is 7.65. The summed E-state index contributed by atoms with van der Waals surface area (Å²) >= 11 is 0. The van der Waals surface area contributed by atoms with E-state index in [0.29, 0.717) is 30.8 Å². The number of methoxy groups -OCH3 is 1. The third-order valence-corrected chi connectivity index (χ3v) is 8.08. The third kappa shape index (κ3) is 4.33. The molecule has 2 heterocycles. The zero-order valence-electron chi connectivity index (χ0n) is 20.8. The van der Waals surface area contributed by atoms with Crippen molar-refractivity contribution in [3.05, 3.63) is 42.1 Å². The number of benzene rings is 1. The standard InChI is InChI=1S/C28H33N3O5/c1-3-23(32)21(13-16-7-5-11-24(16)33)30-27(34)26-18-9-4-8-17(18)15-31(26)28(35)22-14-19-20(29-22)10-6-12-25(19)36-2/h4,6,9-10,12,14,16-18,21,26,29H,3,5,7-8,11,13,15H2,1-2H3,(H,30,34). The van der Waals surface area contributed by atoms with Crippen LogP contribution in [-0.2, 0) is 14.4 Å². The fourth-order valence-electron chi connectivity index (χ4n) is 6.15. The molecule has 1 saturated carbocycles. The first-order valence-corrected chi connectivity index (χ1v) is 12.9.